The van der Waals surface area contributed by atoms with E-state index in [0.29, 0.717) is 23.5 Å². The molecule has 3 aromatic rings. The Balaban J connectivity index is 1.75. The summed E-state index contributed by atoms with van der Waals surface area (Å²) < 4.78 is 14.1. The van der Waals surface area contributed by atoms with Crippen LogP contribution >= 0.6 is 0 Å². The van der Waals surface area contributed by atoms with Crippen molar-refractivity contribution in [1.82, 2.24) is 4.98 Å². The maximum Gasteiger partial charge on any atom is 0.156 e. The SMILES string of the molecule is NCc1ccc(-c2ccnc3c2CC(c2ccccc2N)=N3)cc1F. The fourth-order valence-corrected chi connectivity index (χ4v) is 3.15. The second kappa shape index (κ2) is 6.11. The molecule has 0 unspecified atom stereocenters. The number of hydrogen-bond donors (Lipinski definition) is 2. The Hall–Kier alpha value is -3.05. The molecular weight excluding hydrogens is 315 g/mol. The summed E-state index contributed by atoms with van der Waals surface area (Å²) in [5.41, 5.74) is 17.3. The average molecular weight is 332 g/mol. The Morgan fingerprint density at radius 2 is 1.88 bits per heavy atom. The standard InChI is InChI=1S/C20H17FN4/c21-17-9-12(5-6-13(17)11-22)14-7-8-24-20-16(14)10-19(25-20)15-3-1-2-4-18(15)23/h1-9H,10-11,22-23H2. The number of nitrogen functional groups attached to an aromatic ring is 1. The number of nitrogens with two attached hydrogens (primary N) is 2. The topological polar surface area (TPSA) is 77.3 Å². The van der Waals surface area contributed by atoms with Crippen LogP contribution in [0.5, 0.6) is 0 Å². The van der Waals surface area contributed by atoms with E-state index >= 15 is 0 Å². The van der Waals surface area contributed by atoms with Crippen LogP contribution in [0.2, 0.25) is 0 Å². The molecule has 0 fully saturated rings. The van der Waals surface area contributed by atoms with Gasteiger partial charge in [0.2, 0.25) is 0 Å². The molecule has 4 N–H and O–H groups in total. The Labute approximate surface area is 145 Å². The van der Waals surface area contributed by atoms with E-state index in [1.807, 2.05) is 36.4 Å². The fourth-order valence-electron chi connectivity index (χ4n) is 3.15. The van der Waals surface area contributed by atoms with Gasteiger partial charge in [0.05, 0.1) is 5.71 Å². The number of anilines is 1. The monoisotopic (exact) mass is 332 g/mol. The first kappa shape index (κ1) is 15.5. The highest BCUT2D eigenvalue weighted by Crippen LogP contribution is 2.36. The lowest BCUT2D eigenvalue weighted by molar-refractivity contribution is 0.611. The molecule has 1 aromatic heterocycles. The van der Waals surface area contributed by atoms with Gasteiger partial charge in [-0.1, -0.05) is 30.3 Å². The van der Waals surface area contributed by atoms with Gasteiger partial charge in [0.1, 0.15) is 5.82 Å². The summed E-state index contributed by atoms with van der Waals surface area (Å²) in [6.45, 7) is 0.182. The molecule has 0 aliphatic carbocycles. The highest BCUT2D eigenvalue weighted by molar-refractivity contribution is 6.10. The number of hydrogen-bond acceptors (Lipinski definition) is 4. The molecule has 0 spiro atoms. The number of benzene rings is 2. The lowest BCUT2D eigenvalue weighted by Gasteiger charge is -2.09. The van der Waals surface area contributed by atoms with E-state index in [9.17, 15) is 4.39 Å². The van der Waals surface area contributed by atoms with E-state index in [2.05, 4.69) is 9.98 Å². The van der Waals surface area contributed by atoms with Gasteiger partial charge in [-0.15, -0.1) is 0 Å². The maximum absolute atomic E-state index is 14.1. The highest BCUT2D eigenvalue weighted by Gasteiger charge is 2.22. The van der Waals surface area contributed by atoms with Gasteiger partial charge in [0.25, 0.3) is 0 Å². The minimum atomic E-state index is -0.294. The molecule has 4 nitrogen and oxygen atoms in total. The van der Waals surface area contributed by atoms with Gasteiger partial charge in [0, 0.05) is 41.5 Å². The Morgan fingerprint density at radius 3 is 2.64 bits per heavy atom. The fraction of sp³-hybridized carbons (Fsp3) is 0.100. The summed E-state index contributed by atoms with van der Waals surface area (Å²) in [6.07, 6.45) is 2.32. The van der Waals surface area contributed by atoms with Crippen LogP contribution in [-0.4, -0.2) is 10.7 Å². The van der Waals surface area contributed by atoms with Crippen molar-refractivity contribution < 1.29 is 4.39 Å². The van der Waals surface area contributed by atoms with Crippen LogP contribution in [0.15, 0.2) is 59.7 Å². The lowest BCUT2D eigenvalue weighted by Crippen LogP contribution is -2.05. The van der Waals surface area contributed by atoms with Gasteiger partial charge in [0.15, 0.2) is 5.82 Å². The average Bonchev–Trinajstić information content (AvgIpc) is 3.06. The first-order valence-corrected chi connectivity index (χ1v) is 8.06. The van der Waals surface area contributed by atoms with Crippen molar-refractivity contribution in [3.63, 3.8) is 0 Å². The zero-order valence-corrected chi connectivity index (χ0v) is 13.5. The van der Waals surface area contributed by atoms with Crippen LogP contribution in [0.25, 0.3) is 11.1 Å². The molecule has 0 amide bonds. The number of nitrogens with zero attached hydrogens (tertiary/aromatic N) is 2. The van der Waals surface area contributed by atoms with E-state index < -0.39 is 0 Å². The quantitative estimate of drug-likeness (QED) is 0.719. The van der Waals surface area contributed by atoms with Crippen molar-refractivity contribution in [2.45, 2.75) is 13.0 Å². The molecule has 0 bridgehead atoms. The summed E-state index contributed by atoms with van der Waals surface area (Å²) in [7, 11) is 0. The summed E-state index contributed by atoms with van der Waals surface area (Å²) in [5.74, 6) is 0.371. The Bertz CT molecular complexity index is 995. The zero-order chi connectivity index (χ0) is 17.4. The number of rotatable bonds is 3. The molecule has 2 aromatic carbocycles. The molecule has 4 rings (SSSR count). The number of halogens is 1. The van der Waals surface area contributed by atoms with Crippen LogP contribution in [0, 0.1) is 5.82 Å². The van der Waals surface area contributed by atoms with E-state index in [1.165, 1.54) is 6.07 Å². The molecule has 0 saturated heterocycles. The lowest BCUT2D eigenvalue weighted by atomic mass is 9.96. The smallest absolute Gasteiger partial charge is 0.156 e. The number of aromatic nitrogens is 1. The molecular formula is C20H17FN4. The van der Waals surface area contributed by atoms with E-state index in [4.69, 9.17) is 11.5 Å². The van der Waals surface area contributed by atoms with Gasteiger partial charge < -0.3 is 11.5 Å². The highest BCUT2D eigenvalue weighted by atomic mass is 19.1. The Morgan fingerprint density at radius 1 is 1.04 bits per heavy atom. The zero-order valence-electron chi connectivity index (χ0n) is 13.5. The predicted molar refractivity (Wildman–Crippen MR) is 98.3 cm³/mol. The third-order valence-corrected chi connectivity index (χ3v) is 4.47. The molecule has 25 heavy (non-hydrogen) atoms. The van der Waals surface area contributed by atoms with E-state index in [-0.39, 0.29) is 12.4 Å². The molecule has 0 radical (unpaired) electrons. The minimum Gasteiger partial charge on any atom is -0.398 e. The van der Waals surface area contributed by atoms with Gasteiger partial charge in [-0.2, -0.15) is 0 Å². The van der Waals surface area contributed by atoms with Gasteiger partial charge in [-0.05, 0) is 29.3 Å². The van der Waals surface area contributed by atoms with Crippen molar-refractivity contribution in [3.8, 4) is 11.1 Å². The molecule has 1 aliphatic rings. The molecule has 0 saturated carbocycles. The summed E-state index contributed by atoms with van der Waals surface area (Å²) in [4.78, 5) is 9.00. The van der Waals surface area contributed by atoms with E-state index in [1.54, 1.807) is 12.3 Å². The van der Waals surface area contributed by atoms with Gasteiger partial charge in [-0.3, -0.25) is 0 Å². The molecule has 5 heteroatoms. The first-order chi connectivity index (χ1) is 12.2. The third-order valence-electron chi connectivity index (χ3n) is 4.47. The second-order valence-electron chi connectivity index (χ2n) is 5.99. The van der Waals surface area contributed by atoms with E-state index in [0.717, 1.165) is 28.0 Å². The number of para-hydroxylation sites is 1. The summed E-state index contributed by atoms with van der Waals surface area (Å²) >= 11 is 0. The van der Waals surface area contributed by atoms with Gasteiger partial charge in [-0.25, -0.2) is 14.4 Å². The number of pyridine rings is 1. The summed E-state index contributed by atoms with van der Waals surface area (Å²) in [5, 5.41) is 0. The van der Waals surface area contributed by atoms with Crippen LogP contribution in [0.3, 0.4) is 0 Å². The predicted octanol–water partition coefficient (Wildman–Crippen LogP) is 3.61. The largest absolute Gasteiger partial charge is 0.398 e. The molecule has 2 heterocycles. The maximum atomic E-state index is 14.1. The number of aliphatic imine (C=N–C) groups is 1. The normalized spacial score (nSPS) is 12.8. The van der Waals surface area contributed by atoms with Crippen molar-refractivity contribution in [1.29, 1.82) is 0 Å². The van der Waals surface area contributed by atoms with Crippen LogP contribution in [0.1, 0.15) is 16.7 Å². The minimum absolute atomic E-state index is 0.182. The van der Waals surface area contributed by atoms with Crippen LogP contribution in [0.4, 0.5) is 15.9 Å². The molecule has 1 aliphatic heterocycles. The van der Waals surface area contributed by atoms with Crippen LogP contribution < -0.4 is 11.5 Å². The third kappa shape index (κ3) is 2.68. The number of fused-ring (bicyclic) bond motifs is 1. The summed E-state index contributed by atoms with van der Waals surface area (Å²) in [6, 6.07) is 14.7. The van der Waals surface area contributed by atoms with Crippen LogP contribution in [-0.2, 0) is 13.0 Å². The van der Waals surface area contributed by atoms with Crippen molar-refractivity contribution in [2.75, 3.05) is 5.73 Å². The van der Waals surface area contributed by atoms with Crippen molar-refractivity contribution in [2.24, 2.45) is 10.7 Å². The van der Waals surface area contributed by atoms with Crippen molar-refractivity contribution >= 4 is 17.2 Å². The Kier molecular flexibility index (Phi) is 3.78. The van der Waals surface area contributed by atoms with Gasteiger partial charge >= 0.3 is 0 Å². The molecule has 124 valence electrons. The molecule has 0 atom stereocenters. The second-order valence-corrected chi connectivity index (χ2v) is 5.99. The van der Waals surface area contributed by atoms with Crippen molar-refractivity contribution in [3.05, 3.63) is 77.2 Å². The first-order valence-electron chi connectivity index (χ1n) is 8.06.